The first-order valence-corrected chi connectivity index (χ1v) is 9.45. The van der Waals surface area contributed by atoms with Crippen molar-refractivity contribution in [2.24, 2.45) is 0 Å². The number of fused-ring (bicyclic) bond motifs is 1. The minimum atomic E-state index is -0.133. The number of hydrogen-bond acceptors (Lipinski definition) is 5. The highest BCUT2D eigenvalue weighted by Gasteiger charge is 2.14. The van der Waals surface area contributed by atoms with Gasteiger partial charge in [0.2, 0.25) is 0 Å². The lowest BCUT2D eigenvalue weighted by Gasteiger charge is -2.21. The topological polar surface area (TPSA) is 81.5 Å². The van der Waals surface area contributed by atoms with Crippen molar-refractivity contribution < 1.29 is 14.3 Å². The van der Waals surface area contributed by atoms with Crippen molar-refractivity contribution in [2.75, 3.05) is 20.3 Å². The Hall–Kier alpha value is -3.55. The molecule has 0 aliphatic carbocycles. The van der Waals surface area contributed by atoms with E-state index in [2.05, 4.69) is 15.4 Å². The Labute approximate surface area is 169 Å². The van der Waals surface area contributed by atoms with E-state index in [1.54, 1.807) is 23.0 Å². The second-order valence-corrected chi connectivity index (χ2v) is 6.90. The third-order valence-electron chi connectivity index (χ3n) is 4.65. The van der Waals surface area contributed by atoms with Gasteiger partial charge in [-0.1, -0.05) is 30.3 Å². The van der Waals surface area contributed by atoms with Crippen molar-refractivity contribution in [1.29, 1.82) is 0 Å². The molecule has 8 nitrogen and oxygen atoms in total. The van der Waals surface area contributed by atoms with E-state index in [1.807, 2.05) is 42.5 Å². The van der Waals surface area contributed by atoms with E-state index in [0.717, 1.165) is 28.2 Å². The van der Waals surface area contributed by atoms with Crippen LogP contribution in [0.1, 0.15) is 16.7 Å². The molecule has 0 spiro atoms. The first-order chi connectivity index (χ1) is 14.2. The van der Waals surface area contributed by atoms with Gasteiger partial charge in [0.1, 0.15) is 25.9 Å². The Bertz CT molecular complexity index is 957. The molecule has 0 saturated heterocycles. The Kier molecular flexibility index (Phi) is 5.60. The number of amides is 2. The molecule has 3 aromatic rings. The van der Waals surface area contributed by atoms with Crippen molar-refractivity contribution in [3.8, 4) is 11.5 Å². The molecule has 2 aromatic carbocycles. The van der Waals surface area contributed by atoms with E-state index in [-0.39, 0.29) is 6.03 Å². The number of urea groups is 1. The molecule has 0 bridgehead atoms. The second-order valence-electron chi connectivity index (χ2n) is 6.90. The summed E-state index contributed by atoms with van der Waals surface area (Å²) in [7, 11) is 1.77. The number of hydrogen-bond donors (Lipinski definition) is 1. The van der Waals surface area contributed by atoms with E-state index in [1.165, 1.54) is 6.33 Å². The third-order valence-corrected chi connectivity index (χ3v) is 4.65. The first kappa shape index (κ1) is 18.8. The summed E-state index contributed by atoms with van der Waals surface area (Å²) in [5.41, 5.74) is 3.15. The van der Waals surface area contributed by atoms with Gasteiger partial charge in [-0.25, -0.2) is 14.5 Å². The highest BCUT2D eigenvalue weighted by Crippen LogP contribution is 2.31. The molecule has 150 valence electrons. The largest absolute Gasteiger partial charge is 0.486 e. The van der Waals surface area contributed by atoms with Gasteiger partial charge in [0.05, 0.1) is 6.54 Å². The van der Waals surface area contributed by atoms with Crippen molar-refractivity contribution >= 4 is 6.03 Å². The summed E-state index contributed by atoms with van der Waals surface area (Å²) in [4.78, 5) is 18.0. The van der Waals surface area contributed by atoms with Gasteiger partial charge in [0, 0.05) is 20.1 Å². The van der Waals surface area contributed by atoms with Crippen LogP contribution in [0.4, 0.5) is 4.79 Å². The molecule has 1 aromatic heterocycles. The van der Waals surface area contributed by atoms with Gasteiger partial charge in [0.25, 0.3) is 0 Å². The summed E-state index contributed by atoms with van der Waals surface area (Å²) < 4.78 is 12.9. The Balaban J connectivity index is 1.27. The zero-order valence-corrected chi connectivity index (χ0v) is 16.2. The van der Waals surface area contributed by atoms with Crippen LogP contribution in [0.3, 0.4) is 0 Å². The number of nitrogens with one attached hydrogen (secondary N) is 1. The maximum Gasteiger partial charge on any atom is 0.317 e. The molecule has 1 N–H and O–H groups in total. The van der Waals surface area contributed by atoms with Gasteiger partial charge in [0.15, 0.2) is 11.5 Å². The summed E-state index contributed by atoms with van der Waals surface area (Å²) in [6.07, 6.45) is 3.21. The summed E-state index contributed by atoms with van der Waals surface area (Å²) in [6.45, 7) is 2.73. The summed E-state index contributed by atoms with van der Waals surface area (Å²) in [6, 6.07) is 13.7. The van der Waals surface area contributed by atoms with Crippen molar-refractivity contribution in [3.05, 3.63) is 71.8 Å². The van der Waals surface area contributed by atoms with Crippen LogP contribution in [0.2, 0.25) is 0 Å². The van der Waals surface area contributed by atoms with Gasteiger partial charge in [-0.05, 0) is 28.8 Å². The molecule has 0 radical (unpaired) electrons. The Morgan fingerprint density at radius 2 is 1.79 bits per heavy atom. The fourth-order valence-electron chi connectivity index (χ4n) is 3.11. The second kappa shape index (κ2) is 8.64. The molecule has 0 unspecified atom stereocenters. The lowest BCUT2D eigenvalue weighted by molar-refractivity contribution is 0.171. The number of nitrogens with zero attached hydrogens (tertiary/aromatic N) is 4. The number of ether oxygens (including phenoxy) is 2. The van der Waals surface area contributed by atoms with Gasteiger partial charge in [-0.15, -0.1) is 0 Å². The number of carbonyl (C=O) groups is 1. The van der Waals surface area contributed by atoms with Gasteiger partial charge in [-0.3, -0.25) is 0 Å². The van der Waals surface area contributed by atoms with Crippen LogP contribution >= 0.6 is 0 Å². The molecular formula is C21H23N5O3. The average molecular weight is 393 g/mol. The molecular weight excluding hydrogens is 370 g/mol. The Morgan fingerprint density at radius 3 is 2.55 bits per heavy atom. The summed E-state index contributed by atoms with van der Waals surface area (Å²) in [5, 5.41) is 7.05. The number of benzene rings is 2. The van der Waals surface area contributed by atoms with Crippen LogP contribution in [0.25, 0.3) is 0 Å². The predicted molar refractivity (Wildman–Crippen MR) is 107 cm³/mol. The summed E-state index contributed by atoms with van der Waals surface area (Å²) in [5.74, 6) is 1.48. The van der Waals surface area contributed by atoms with Crippen molar-refractivity contribution in [1.82, 2.24) is 25.0 Å². The SMILES string of the molecule is CN(Cc1ccc2c(c1)OCCO2)C(=O)NCc1ccc(Cn2cncn2)cc1. The molecule has 29 heavy (non-hydrogen) atoms. The zero-order valence-electron chi connectivity index (χ0n) is 16.2. The standard InChI is InChI=1S/C21H23N5O3/c1-25(12-18-6-7-19-20(10-18)29-9-8-28-19)21(27)23-11-16-2-4-17(5-3-16)13-26-15-22-14-24-26/h2-7,10,14-15H,8-9,11-13H2,1H3,(H,23,27). The maximum atomic E-state index is 12.4. The molecule has 8 heteroatoms. The van der Waals surface area contributed by atoms with E-state index in [0.29, 0.717) is 32.8 Å². The molecule has 1 aliphatic heterocycles. The number of aromatic nitrogens is 3. The van der Waals surface area contributed by atoms with Crippen LogP contribution in [0, 0.1) is 0 Å². The minimum Gasteiger partial charge on any atom is -0.486 e. The van der Waals surface area contributed by atoms with Crippen LogP contribution in [0.5, 0.6) is 11.5 Å². The lowest BCUT2D eigenvalue weighted by atomic mass is 10.1. The number of carbonyl (C=O) groups excluding carboxylic acids is 1. The van der Waals surface area contributed by atoms with Crippen LogP contribution in [-0.2, 0) is 19.6 Å². The van der Waals surface area contributed by atoms with Gasteiger partial charge < -0.3 is 19.7 Å². The lowest BCUT2D eigenvalue weighted by Crippen LogP contribution is -2.36. The average Bonchev–Trinajstić information content (AvgIpc) is 3.26. The van der Waals surface area contributed by atoms with Gasteiger partial charge >= 0.3 is 6.03 Å². The van der Waals surface area contributed by atoms with Crippen molar-refractivity contribution in [2.45, 2.75) is 19.6 Å². The smallest absolute Gasteiger partial charge is 0.317 e. The Morgan fingerprint density at radius 1 is 1.07 bits per heavy atom. The van der Waals surface area contributed by atoms with Crippen LogP contribution in [0.15, 0.2) is 55.1 Å². The quantitative estimate of drug-likeness (QED) is 0.696. The molecule has 2 heterocycles. The molecule has 0 saturated carbocycles. The highest BCUT2D eigenvalue weighted by molar-refractivity contribution is 5.73. The van der Waals surface area contributed by atoms with Crippen molar-refractivity contribution in [3.63, 3.8) is 0 Å². The fraction of sp³-hybridized carbons (Fsp3) is 0.286. The van der Waals surface area contributed by atoms with E-state index < -0.39 is 0 Å². The molecule has 0 atom stereocenters. The normalized spacial score (nSPS) is 12.4. The highest BCUT2D eigenvalue weighted by atomic mass is 16.6. The van der Waals surface area contributed by atoms with E-state index >= 15 is 0 Å². The van der Waals surface area contributed by atoms with E-state index in [4.69, 9.17) is 9.47 Å². The zero-order chi connectivity index (χ0) is 20.1. The molecule has 0 fully saturated rings. The molecule has 1 aliphatic rings. The first-order valence-electron chi connectivity index (χ1n) is 9.45. The summed E-state index contributed by atoms with van der Waals surface area (Å²) >= 11 is 0. The molecule has 4 rings (SSSR count). The molecule has 2 amide bonds. The third kappa shape index (κ3) is 4.84. The number of rotatable bonds is 6. The monoisotopic (exact) mass is 393 g/mol. The van der Waals surface area contributed by atoms with Crippen LogP contribution < -0.4 is 14.8 Å². The van der Waals surface area contributed by atoms with E-state index in [9.17, 15) is 4.79 Å². The maximum absolute atomic E-state index is 12.4. The minimum absolute atomic E-state index is 0.133. The van der Waals surface area contributed by atoms with Gasteiger partial charge in [-0.2, -0.15) is 5.10 Å². The van der Waals surface area contributed by atoms with Crippen LogP contribution in [-0.4, -0.2) is 46.0 Å². The predicted octanol–water partition coefficient (Wildman–Crippen LogP) is 2.44. The fourth-order valence-corrected chi connectivity index (χ4v) is 3.11.